The fourth-order valence-corrected chi connectivity index (χ4v) is 8.21. The Hall–Kier alpha value is -6.38. The molecule has 0 amide bonds. The second-order valence-corrected chi connectivity index (χ2v) is 12.9. The van der Waals surface area contributed by atoms with E-state index in [1.165, 1.54) is 50.1 Å². The fourth-order valence-electron chi connectivity index (χ4n) is 8.21. The van der Waals surface area contributed by atoms with Crippen LogP contribution in [0.2, 0.25) is 0 Å². The van der Waals surface area contributed by atoms with E-state index in [-0.39, 0.29) is 5.41 Å². The zero-order valence-electron chi connectivity index (χ0n) is 26.7. The van der Waals surface area contributed by atoms with Crippen molar-refractivity contribution < 1.29 is 0 Å². The summed E-state index contributed by atoms with van der Waals surface area (Å²) in [6.07, 6.45) is 0. The standard InChI is InChI=1S/C47H30N2/c1-3-14-31(15-4-1)44-30-45(32-16-5-2-6-17-32)49-46(48-44)35-19-13-18-33(28-35)34-26-27-43-39(29-34)38-22-9-12-25-42(38)47(43)40-23-10-7-20-36(40)37-21-8-11-24-41(37)47/h1-30H. The van der Waals surface area contributed by atoms with Gasteiger partial charge in [0.05, 0.1) is 16.8 Å². The van der Waals surface area contributed by atoms with Crippen LogP contribution in [-0.2, 0) is 5.41 Å². The van der Waals surface area contributed by atoms with Crippen LogP contribution >= 0.6 is 0 Å². The smallest absolute Gasteiger partial charge is 0.160 e. The molecule has 0 fully saturated rings. The summed E-state index contributed by atoms with van der Waals surface area (Å²) >= 11 is 0. The minimum Gasteiger partial charge on any atom is -0.228 e. The lowest BCUT2D eigenvalue weighted by Gasteiger charge is -2.30. The molecule has 10 rings (SSSR count). The van der Waals surface area contributed by atoms with Gasteiger partial charge in [-0.25, -0.2) is 9.97 Å². The summed E-state index contributed by atoms with van der Waals surface area (Å²) in [6.45, 7) is 0. The first-order valence-electron chi connectivity index (χ1n) is 16.8. The van der Waals surface area contributed by atoms with Gasteiger partial charge in [0.2, 0.25) is 0 Å². The quantitative estimate of drug-likeness (QED) is 0.195. The number of fused-ring (bicyclic) bond motifs is 10. The van der Waals surface area contributed by atoms with Gasteiger partial charge in [-0.15, -0.1) is 0 Å². The van der Waals surface area contributed by atoms with E-state index in [4.69, 9.17) is 9.97 Å². The summed E-state index contributed by atoms with van der Waals surface area (Å²) in [6, 6.07) is 65.4. The molecule has 2 aliphatic rings. The third kappa shape index (κ3) is 4.14. The SMILES string of the molecule is c1ccc(-c2cc(-c3ccccc3)nc(-c3cccc(-c4ccc5c(c4)-c4ccccc4C54c5ccccc5-c5ccccc54)c3)n2)cc1. The average molecular weight is 623 g/mol. The predicted octanol–water partition coefficient (Wildman–Crippen LogP) is 11.5. The summed E-state index contributed by atoms with van der Waals surface area (Å²) in [5.41, 5.74) is 17.6. The molecule has 1 heterocycles. The Morgan fingerprint density at radius 2 is 0.714 bits per heavy atom. The Bertz CT molecular complexity index is 2450. The molecular formula is C47H30N2. The Balaban J connectivity index is 1.13. The maximum absolute atomic E-state index is 5.10. The summed E-state index contributed by atoms with van der Waals surface area (Å²) < 4.78 is 0. The van der Waals surface area contributed by atoms with Crippen molar-refractivity contribution in [3.8, 4) is 67.3 Å². The predicted molar refractivity (Wildman–Crippen MR) is 200 cm³/mol. The molecule has 2 nitrogen and oxygen atoms in total. The summed E-state index contributed by atoms with van der Waals surface area (Å²) in [5.74, 6) is 0.715. The molecule has 49 heavy (non-hydrogen) atoms. The summed E-state index contributed by atoms with van der Waals surface area (Å²) in [7, 11) is 0. The van der Waals surface area contributed by atoms with Crippen LogP contribution in [0.3, 0.4) is 0 Å². The van der Waals surface area contributed by atoms with Gasteiger partial charge < -0.3 is 0 Å². The maximum Gasteiger partial charge on any atom is 0.160 e. The number of hydrogen-bond acceptors (Lipinski definition) is 2. The van der Waals surface area contributed by atoms with Crippen molar-refractivity contribution in [2.24, 2.45) is 0 Å². The van der Waals surface area contributed by atoms with Gasteiger partial charge in [0, 0.05) is 16.7 Å². The minimum absolute atomic E-state index is 0.334. The Labute approximate surface area is 286 Å². The van der Waals surface area contributed by atoms with E-state index in [2.05, 4.69) is 170 Å². The van der Waals surface area contributed by atoms with E-state index in [9.17, 15) is 0 Å². The van der Waals surface area contributed by atoms with E-state index in [1.54, 1.807) is 0 Å². The molecule has 0 saturated heterocycles. The van der Waals surface area contributed by atoms with Gasteiger partial charge in [0.15, 0.2) is 5.82 Å². The molecule has 0 aliphatic heterocycles. The average Bonchev–Trinajstić information content (AvgIpc) is 3.65. The molecule has 2 heteroatoms. The molecule has 2 aliphatic carbocycles. The van der Waals surface area contributed by atoms with Gasteiger partial charge in [-0.1, -0.05) is 164 Å². The first-order valence-corrected chi connectivity index (χ1v) is 16.8. The molecular weight excluding hydrogens is 593 g/mol. The van der Waals surface area contributed by atoms with Crippen molar-refractivity contribution in [2.75, 3.05) is 0 Å². The third-order valence-corrected chi connectivity index (χ3v) is 10.3. The van der Waals surface area contributed by atoms with Crippen LogP contribution in [0.15, 0.2) is 182 Å². The van der Waals surface area contributed by atoms with E-state index in [0.717, 1.165) is 33.6 Å². The van der Waals surface area contributed by atoms with Crippen molar-refractivity contribution in [3.63, 3.8) is 0 Å². The zero-order chi connectivity index (χ0) is 32.4. The first kappa shape index (κ1) is 27.7. The number of rotatable bonds is 4. The summed E-state index contributed by atoms with van der Waals surface area (Å²) in [4.78, 5) is 10.2. The van der Waals surface area contributed by atoms with Gasteiger partial charge in [-0.05, 0) is 73.8 Å². The fraction of sp³-hybridized carbons (Fsp3) is 0.0213. The number of nitrogens with zero attached hydrogens (tertiary/aromatic N) is 2. The van der Waals surface area contributed by atoms with Crippen molar-refractivity contribution >= 4 is 0 Å². The lowest BCUT2D eigenvalue weighted by molar-refractivity contribution is 0.794. The van der Waals surface area contributed by atoms with E-state index >= 15 is 0 Å². The Kier molecular flexibility index (Phi) is 6.13. The maximum atomic E-state index is 5.10. The second kappa shape index (κ2) is 10.8. The number of benzene rings is 7. The Morgan fingerprint density at radius 1 is 0.286 bits per heavy atom. The second-order valence-electron chi connectivity index (χ2n) is 12.9. The lowest BCUT2D eigenvalue weighted by Crippen LogP contribution is -2.25. The summed E-state index contributed by atoms with van der Waals surface area (Å²) in [5, 5.41) is 0. The van der Waals surface area contributed by atoms with Crippen LogP contribution in [0.1, 0.15) is 22.3 Å². The van der Waals surface area contributed by atoms with Gasteiger partial charge in [0.1, 0.15) is 0 Å². The minimum atomic E-state index is -0.334. The van der Waals surface area contributed by atoms with Gasteiger partial charge >= 0.3 is 0 Å². The highest BCUT2D eigenvalue weighted by Gasteiger charge is 2.51. The van der Waals surface area contributed by atoms with Gasteiger partial charge in [0.25, 0.3) is 0 Å². The van der Waals surface area contributed by atoms with Crippen LogP contribution in [0.5, 0.6) is 0 Å². The third-order valence-electron chi connectivity index (χ3n) is 10.3. The molecule has 7 aromatic carbocycles. The molecule has 0 radical (unpaired) electrons. The highest BCUT2D eigenvalue weighted by molar-refractivity contribution is 5.96. The first-order chi connectivity index (χ1) is 24.3. The van der Waals surface area contributed by atoms with Crippen LogP contribution < -0.4 is 0 Å². The number of hydrogen-bond donors (Lipinski definition) is 0. The van der Waals surface area contributed by atoms with E-state index in [0.29, 0.717) is 5.82 Å². The lowest BCUT2D eigenvalue weighted by atomic mass is 9.70. The van der Waals surface area contributed by atoms with E-state index in [1.807, 2.05) is 12.1 Å². The molecule has 8 aromatic rings. The molecule has 0 atom stereocenters. The van der Waals surface area contributed by atoms with Crippen LogP contribution in [0.25, 0.3) is 67.3 Å². The monoisotopic (exact) mass is 622 g/mol. The number of aromatic nitrogens is 2. The van der Waals surface area contributed by atoms with Crippen LogP contribution in [0, 0.1) is 0 Å². The molecule has 0 unspecified atom stereocenters. The van der Waals surface area contributed by atoms with Crippen molar-refractivity contribution in [1.29, 1.82) is 0 Å². The van der Waals surface area contributed by atoms with Gasteiger partial charge in [-0.3, -0.25) is 0 Å². The van der Waals surface area contributed by atoms with Crippen molar-refractivity contribution in [2.45, 2.75) is 5.41 Å². The highest BCUT2D eigenvalue weighted by atomic mass is 14.9. The molecule has 0 bridgehead atoms. The molecule has 1 spiro atoms. The molecule has 0 saturated carbocycles. The topological polar surface area (TPSA) is 25.8 Å². The zero-order valence-corrected chi connectivity index (χ0v) is 26.7. The van der Waals surface area contributed by atoms with Crippen molar-refractivity contribution in [3.05, 3.63) is 204 Å². The molecule has 0 N–H and O–H groups in total. The highest BCUT2D eigenvalue weighted by Crippen LogP contribution is 2.62. The normalized spacial score (nSPS) is 13.1. The van der Waals surface area contributed by atoms with Gasteiger partial charge in [-0.2, -0.15) is 0 Å². The van der Waals surface area contributed by atoms with Crippen LogP contribution in [0.4, 0.5) is 0 Å². The Morgan fingerprint density at radius 3 is 1.29 bits per heavy atom. The molecule has 1 aromatic heterocycles. The van der Waals surface area contributed by atoms with E-state index < -0.39 is 0 Å². The molecule has 228 valence electrons. The van der Waals surface area contributed by atoms with Crippen molar-refractivity contribution in [1.82, 2.24) is 9.97 Å². The van der Waals surface area contributed by atoms with Crippen LogP contribution in [-0.4, -0.2) is 9.97 Å². The largest absolute Gasteiger partial charge is 0.228 e.